The maximum Gasteiger partial charge on any atom is 0.338 e. The lowest BCUT2D eigenvalue weighted by Gasteiger charge is -2.33. The minimum atomic E-state index is -0.579. The van der Waals surface area contributed by atoms with E-state index in [1.54, 1.807) is 26.2 Å². The Balaban J connectivity index is 2.49. The Morgan fingerprint density at radius 2 is 1.89 bits per heavy atom. The van der Waals surface area contributed by atoms with Gasteiger partial charge in [-0.15, -0.1) is 0 Å². The van der Waals surface area contributed by atoms with Crippen molar-refractivity contribution in [2.75, 3.05) is 26.8 Å². The molecular weight excluding hydrogens is 346 g/mol. The number of likely N-dealkylation sites (N-methyl/N-ethyl adjacent to an activating group) is 1. The Kier molecular flexibility index (Phi) is 7.24. The van der Waals surface area contributed by atoms with Crippen LogP contribution in [0, 0.1) is 0 Å². The summed E-state index contributed by atoms with van der Waals surface area (Å²) in [4.78, 5) is 27.2. The highest BCUT2D eigenvalue weighted by atomic mass is 16.5. The Bertz CT molecular complexity index is 698. The minimum absolute atomic E-state index is 0.264. The van der Waals surface area contributed by atoms with Gasteiger partial charge in [-0.25, -0.2) is 9.59 Å². The van der Waals surface area contributed by atoms with Crippen molar-refractivity contribution in [1.29, 1.82) is 0 Å². The fourth-order valence-corrected chi connectivity index (χ4v) is 3.10. The summed E-state index contributed by atoms with van der Waals surface area (Å²) in [5.41, 5.74) is 1.80. The monoisotopic (exact) mass is 375 g/mol. The summed E-state index contributed by atoms with van der Waals surface area (Å²) >= 11 is 0. The SMILES string of the molecule is CCOC(=O)C1=C(CN(CC)C(C)C)NC(=O)NC1c1ccc(OC)cc1. The lowest BCUT2D eigenvalue weighted by Crippen LogP contribution is -2.49. The molecule has 148 valence electrons. The zero-order valence-corrected chi connectivity index (χ0v) is 16.7. The van der Waals surface area contributed by atoms with Crippen molar-refractivity contribution in [2.24, 2.45) is 0 Å². The number of amides is 2. The summed E-state index contributed by atoms with van der Waals surface area (Å²) < 4.78 is 10.5. The van der Waals surface area contributed by atoms with Gasteiger partial charge in [-0.3, -0.25) is 4.90 Å². The van der Waals surface area contributed by atoms with Crippen LogP contribution < -0.4 is 15.4 Å². The highest BCUT2D eigenvalue weighted by Gasteiger charge is 2.34. The highest BCUT2D eigenvalue weighted by Crippen LogP contribution is 2.29. The maximum absolute atomic E-state index is 12.7. The van der Waals surface area contributed by atoms with E-state index in [2.05, 4.69) is 36.3 Å². The van der Waals surface area contributed by atoms with E-state index in [-0.39, 0.29) is 18.7 Å². The van der Waals surface area contributed by atoms with Crippen LogP contribution in [-0.4, -0.2) is 49.7 Å². The molecule has 27 heavy (non-hydrogen) atoms. The minimum Gasteiger partial charge on any atom is -0.497 e. The van der Waals surface area contributed by atoms with Gasteiger partial charge in [0.2, 0.25) is 0 Å². The molecule has 0 radical (unpaired) electrons. The average Bonchev–Trinajstić information content (AvgIpc) is 2.65. The van der Waals surface area contributed by atoms with Crippen LogP contribution >= 0.6 is 0 Å². The van der Waals surface area contributed by atoms with Crippen molar-refractivity contribution in [2.45, 2.75) is 39.8 Å². The molecule has 0 saturated carbocycles. The molecule has 1 aliphatic rings. The number of nitrogens with zero attached hydrogens (tertiary/aromatic N) is 1. The van der Waals surface area contributed by atoms with Crippen LogP contribution in [0.4, 0.5) is 4.79 Å². The number of urea groups is 1. The van der Waals surface area contributed by atoms with Crippen molar-refractivity contribution in [3.05, 3.63) is 41.1 Å². The summed E-state index contributed by atoms with van der Waals surface area (Å²) in [6, 6.07) is 6.65. The van der Waals surface area contributed by atoms with Crippen molar-refractivity contribution in [1.82, 2.24) is 15.5 Å². The Morgan fingerprint density at radius 1 is 1.22 bits per heavy atom. The van der Waals surface area contributed by atoms with Crippen molar-refractivity contribution >= 4 is 12.0 Å². The van der Waals surface area contributed by atoms with Gasteiger partial charge in [-0.1, -0.05) is 19.1 Å². The third-order valence-electron chi connectivity index (χ3n) is 4.60. The first-order chi connectivity index (χ1) is 12.9. The normalized spacial score (nSPS) is 17.0. The van der Waals surface area contributed by atoms with Gasteiger partial charge in [0.25, 0.3) is 0 Å². The van der Waals surface area contributed by atoms with Gasteiger partial charge >= 0.3 is 12.0 Å². The van der Waals surface area contributed by atoms with E-state index >= 15 is 0 Å². The molecule has 1 aliphatic heterocycles. The first-order valence-electron chi connectivity index (χ1n) is 9.26. The first kappa shape index (κ1) is 20.8. The molecule has 0 aliphatic carbocycles. The van der Waals surface area contributed by atoms with E-state index < -0.39 is 12.0 Å². The number of hydrogen-bond acceptors (Lipinski definition) is 5. The molecule has 2 amide bonds. The maximum atomic E-state index is 12.7. The molecule has 1 heterocycles. The second-order valence-corrected chi connectivity index (χ2v) is 6.57. The smallest absolute Gasteiger partial charge is 0.338 e. The summed E-state index contributed by atoms with van der Waals surface area (Å²) in [7, 11) is 1.59. The molecule has 1 unspecified atom stereocenters. The van der Waals surface area contributed by atoms with E-state index in [1.807, 2.05) is 12.1 Å². The Labute approximate surface area is 160 Å². The standard InChI is InChI=1S/C20H29N3O4/c1-6-23(13(3)4)12-16-17(19(24)27-7-2)18(22-20(25)21-16)14-8-10-15(26-5)11-9-14/h8-11,13,18H,6-7,12H2,1-5H3,(H2,21,22,25). The van der Waals surface area contributed by atoms with E-state index in [1.165, 1.54) is 0 Å². The molecule has 0 fully saturated rings. The molecular formula is C20H29N3O4. The Morgan fingerprint density at radius 3 is 2.41 bits per heavy atom. The fraction of sp³-hybridized carbons (Fsp3) is 0.500. The first-order valence-corrected chi connectivity index (χ1v) is 9.26. The van der Waals surface area contributed by atoms with Crippen LogP contribution in [0.2, 0.25) is 0 Å². The number of benzene rings is 1. The third-order valence-corrected chi connectivity index (χ3v) is 4.60. The molecule has 7 nitrogen and oxygen atoms in total. The number of methoxy groups -OCH3 is 1. The second-order valence-electron chi connectivity index (χ2n) is 6.57. The summed E-state index contributed by atoms with van der Waals surface area (Å²) in [6.07, 6.45) is 0. The molecule has 0 bridgehead atoms. The summed E-state index contributed by atoms with van der Waals surface area (Å²) in [5.74, 6) is 0.276. The number of carbonyl (C=O) groups excluding carboxylic acids is 2. The van der Waals surface area contributed by atoms with Gasteiger partial charge < -0.3 is 20.1 Å². The number of esters is 1. The average molecular weight is 375 g/mol. The van der Waals surface area contributed by atoms with E-state index in [0.29, 0.717) is 23.6 Å². The number of rotatable bonds is 8. The molecule has 7 heteroatoms. The van der Waals surface area contributed by atoms with Crippen molar-refractivity contribution < 1.29 is 19.1 Å². The van der Waals surface area contributed by atoms with Crippen LogP contribution in [-0.2, 0) is 9.53 Å². The van der Waals surface area contributed by atoms with E-state index in [0.717, 1.165) is 12.1 Å². The molecule has 2 rings (SSSR count). The highest BCUT2D eigenvalue weighted by molar-refractivity contribution is 5.95. The van der Waals surface area contributed by atoms with Gasteiger partial charge in [-0.05, 0) is 45.0 Å². The molecule has 1 aromatic carbocycles. The zero-order valence-electron chi connectivity index (χ0n) is 16.7. The summed E-state index contributed by atoms with van der Waals surface area (Å²) in [6.45, 7) is 9.50. The van der Waals surface area contributed by atoms with Gasteiger partial charge in [0.05, 0.1) is 25.3 Å². The van der Waals surface area contributed by atoms with Crippen LogP contribution in [0.15, 0.2) is 35.5 Å². The second kappa shape index (κ2) is 9.41. The van der Waals surface area contributed by atoms with Gasteiger partial charge in [0.1, 0.15) is 5.75 Å². The van der Waals surface area contributed by atoms with Crippen LogP contribution in [0.3, 0.4) is 0 Å². The lowest BCUT2D eigenvalue weighted by molar-refractivity contribution is -0.139. The predicted octanol–water partition coefficient (Wildman–Crippen LogP) is 2.60. The van der Waals surface area contributed by atoms with Crippen molar-refractivity contribution in [3.8, 4) is 5.75 Å². The van der Waals surface area contributed by atoms with Gasteiger partial charge in [-0.2, -0.15) is 0 Å². The molecule has 0 saturated heterocycles. The fourth-order valence-electron chi connectivity index (χ4n) is 3.10. The van der Waals surface area contributed by atoms with Crippen LogP contribution in [0.1, 0.15) is 39.3 Å². The van der Waals surface area contributed by atoms with E-state index in [4.69, 9.17) is 9.47 Å². The quantitative estimate of drug-likeness (QED) is 0.683. The molecule has 1 aromatic rings. The molecule has 1 atom stereocenters. The van der Waals surface area contributed by atoms with E-state index in [9.17, 15) is 9.59 Å². The van der Waals surface area contributed by atoms with Gasteiger partial charge in [0, 0.05) is 18.3 Å². The van der Waals surface area contributed by atoms with Crippen molar-refractivity contribution in [3.63, 3.8) is 0 Å². The Hall–Kier alpha value is -2.54. The molecule has 2 N–H and O–H groups in total. The third kappa shape index (κ3) is 5.01. The topological polar surface area (TPSA) is 79.9 Å². The number of hydrogen-bond donors (Lipinski definition) is 2. The number of ether oxygens (including phenoxy) is 2. The number of carbonyl (C=O) groups is 2. The molecule has 0 spiro atoms. The largest absolute Gasteiger partial charge is 0.497 e. The number of nitrogens with one attached hydrogen (secondary N) is 2. The van der Waals surface area contributed by atoms with Crippen LogP contribution in [0.25, 0.3) is 0 Å². The zero-order chi connectivity index (χ0) is 20.0. The van der Waals surface area contributed by atoms with Crippen LogP contribution in [0.5, 0.6) is 5.75 Å². The molecule has 0 aromatic heterocycles. The van der Waals surface area contributed by atoms with Gasteiger partial charge in [0.15, 0.2) is 0 Å². The lowest BCUT2D eigenvalue weighted by atomic mass is 9.94. The summed E-state index contributed by atoms with van der Waals surface area (Å²) in [5, 5.41) is 5.65. The predicted molar refractivity (Wildman–Crippen MR) is 103 cm³/mol.